The van der Waals surface area contributed by atoms with Gasteiger partial charge in [-0.2, -0.15) is 0 Å². The van der Waals surface area contributed by atoms with Crippen LogP contribution in [0.15, 0.2) is 54.6 Å². The van der Waals surface area contributed by atoms with Crippen molar-refractivity contribution in [2.75, 3.05) is 0 Å². The minimum Gasteiger partial charge on any atom is -0.267 e. The van der Waals surface area contributed by atoms with E-state index < -0.39 is 11.8 Å². The third kappa shape index (κ3) is 3.48. The van der Waals surface area contributed by atoms with Crippen molar-refractivity contribution in [2.24, 2.45) is 0 Å². The van der Waals surface area contributed by atoms with Gasteiger partial charge >= 0.3 is 0 Å². The SMILES string of the molecule is O=C(NNC(=O)c1cc(Cl)ccc1Cl)c1ccc2ccccc2n1. The lowest BCUT2D eigenvalue weighted by atomic mass is 10.2. The number of pyridine rings is 1. The molecule has 2 aromatic carbocycles. The summed E-state index contributed by atoms with van der Waals surface area (Å²) in [7, 11) is 0. The summed E-state index contributed by atoms with van der Waals surface area (Å²) in [6.07, 6.45) is 0. The Morgan fingerprint density at radius 2 is 1.62 bits per heavy atom. The van der Waals surface area contributed by atoms with Gasteiger partial charge in [0.25, 0.3) is 11.8 Å². The summed E-state index contributed by atoms with van der Waals surface area (Å²) >= 11 is 11.8. The van der Waals surface area contributed by atoms with Gasteiger partial charge in [0.1, 0.15) is 5.69 Å². The first kappa shape index (κ1) is 16.2. The number of carbonyl (C=O) groups is 2. The molecule has 3 aromatic rings. The molecule has 0 atom stereocenters. The Hall–Kier alpha value is -2.63. The highest BCUT2D eigenvalue weighted by Crippen LogP contribution is 2.20. The maximum Gasteiger partial charge on any atom is 0.288 e. The Morgan fingerprint density at radius 1 is 0.875 bits per heavy atom. The third-order valence-electron chi connectivity index (χ3n) is 3.29. The highest BCUT2D eigenvalue weighted by Gasteiger charge is 2.13. The van der Waals surface area contributed by atoms with E-state index >= 15 is 0 Å². The number of nitrogens with one attached hydrogen (secondary N) is 2. The van der Waals surface area contributed by atoms with Gasteiger partial charge < -0.3 is 0 Å². The number of hydrogen-bond acceptors (Lipinski definition) is 3. The van der Waals surface area contributed by atoms with E-state index in [-0.39, 0.29) is 16.3 Å². The first-order valence-corrected chi connectivity index (χ1v) is 7.72. The summed E-state index contributed by atoms with van der Waals surface area (Å²) in [4.78, 5) is 28.5. The highest BCUT2D eigenvalue weighted by molar-refractivity contribution is 6.35. The second-order valence-electron chi connectivity index (χ2n) is 4.92. The van der Waals surface area contributed by atoms with Crippen LogP contribution < -0.4 is 10.9 Å². The molecule has 0 aliphatic heterocycles. The fraction of sp³-hybridized carbons (Fsp3) is 0. The number of nitrogens with zero attached hydrogens (tertiary/aromatic N) is 1. The lowest BCUT2D eigenvalue weighted by molar-refractivity contribution is 0.0844. The molecule has 1 heterocycles. The number of para-hydroxylation sites is 1. The highest BCUT2D eigenvalue weighted by atomic mass is 35.5. The molecule has 0 unspecified atom stereocenters. The lowest BCUT2D eigenvalue weighted by Gasteiger charge is -2.09. The first-order valence-electron chi connectivity index (χ1n) is 6.96. The van der Waals surface area contributed by atoms with E-state index in [1.165, 1.54) is 12.1 Å². The van der Waals surface area contributed by atoms with Gasteiger partial charge in [0.2, 0.25) is 0 Å². The largest absolute Gasteiger partial charge is 0.288 e. The monoisotopic (exact) mass is 359 g/mol. The molecule has 0 saturated heterocycles. The molecule has 0 spiro atoms. The second-order valence-corrected chi connectivity index (χ2v) is 5.77. The summed E-state index contributed by atoms with van der Waals surface area (Å²) in [5.74, 6) is -1.11. The molecule has 2 amide bonds. The van der Waals surface area contributed by atoms with Crippen LogP contribution in [0.25, 0.3) is 10.9 Å². The molecule has 0 fully saturated rings. The van der Waals surface area contributed by atoms with Gasteiger partial charge in [-0.15, -0.1) is 0 Å². The zero-order chi connectivity index (χ0) is 17.1. The Kier molecular flexibility index (Phi) is 4.64. The zero-order valence-electron chi connectivity index (χ0n) is 12.2. The average molecular weight is 360 g/mol. The minimum atomic E-state index is -0.573. The van der Waals surface area contributed by atoms with E-state index in [9.17, 15) is 9.59 Å². The number of rotatable bonds is 2. The predicted octanol–water partition coefficient (Wildman–Crippen LogP) is 3.62. The number of amides is 2. The van der Waals surface area contributed by atoms with Gasteiger partial charge in [-0.1, -0.05) is 47.5 Å². The molecule has 2 N–H and O–H groups in total. The quantitative estimate of drug-likeness (QED) is 0.686. The minimum absolute atomic E-state index is 0.163. The van der Waals surface area contributed by atoms with Gasteiger partial charge in [0.05, 0.1) is 16.1 Å². The molecule has 0 radical (unpaired) electrons. The smallest absolute Gasteiger partial charge is 0.267 e. The third-order valence-corrected chi connectivity index (χ3v) is 3.86. The molecule has 120 valence electrons. The number of hydrogen-bond donors (Lipinski definition) is 2. The van der Waals surface area contributed by atoms with Gasteiger partial charge in [-0.25, -0.2) is 4.98 Å². The van der Waals surface area contributed by atoms with Gasteiger partial charge in [-0.05, 0) is 30.3 Å². The summed E-state index contributed by atoms with van der Waals surface area (Å²) < 4.78 is 0. The van der Waals surface area contributed by atoms with Crippen LogP contribution in [0.2, 0.25) is 10.0 Å². The predicted molar refractivity (Wildman–Crippen MR) is 93.1 cm³/mol. The van der Waals surface area contributed by atoms with E-state index in [0.717, 1.165) is 5.39 Å². The van der Waals surface area contributed by atoms with Gasteiger partial charge in [0, 0.05) is 10.4 Å². The van der Waals surface area contributed by atoms with Crippen LogP contribution in [0.5, 0.6) is 0 Å². The van der Waals surface area contributed by atoms with Crippen molar-refractivity contribution in [3.05, 3.63) is 75.9 Å². The maximum atomic E-state index is 12.1. The van der Waals surface area contributed by atoms with Crippen molar-refractivity contribution >= 4 is 45.9 Å². The van der Waals surface area contributed by atoms with Crippen molar-refractivity contribution in [1.82, 2.24) is 15.8 Å². The van der Waals surface area contributed by atoms with E-state index in [1.54, 1.807) is 24.3 Å². The van der Waals surface area contributed by atoms with E-state index in [1.807, 2.05) is 18.2 Å². The van der Waals surface area contributed by atoms with Crippen LogP contribution in [0.1, 0.15) is 20.8 Å². The summed E-state index contributed by atoms with van der Waals surface area (Å²) in [5, 5.41) is 1.52. The molecular weight excluding hydrogens is 349 g/mol. The fourth-order valence-electron chi connectivity index (χ4n) is 2.11. The number of carbonyl (C=O) groups excluding carboxylic acids is 2. The van der Waals surface area contributed by atoms with Crippen molar-refractivity contribution in [3.8, 4) is 0 Å². The second kappa shape index (κ2) is 6.86. The first-order chi connectivity index (χ1) is 11.5. The van der Waals surface area contributed by atoms with Crippen molar-refractivity contribution in [3.63, 3.8) is 0 Å². The molecular formula is C17H11Cl2N3O2. The fourth-order valence-corrected chi connectivity index (χ4v) is 2.48. The molecule has 0 bridgehead atoms. The normalized spacial score (nSPS) is 10.4. The Bertz CT molecular complexity index is 944. The standard InChI is InChI=1S/C17H11Cl2N3O2/c18-11-6-7-13(19)12(9-11)16(23)21-22-17(24)15-8-5-10-3-1-2-4-14(10)20-15/h1-9H,(H,21,23)(H,22,24). The van der Waals surface area contributed by atoms with E-state index in [4.69, 9.17) is 23.2 Å². The molecule has 0 saturated carbocycles. The number of hydrazine groups is 1. The summed E-state index contributed by atoms with van der Waals surface area (Å²) in [6.45, 7) is 0. The molecule has 3 rings (SSSR count). The molecule has 0 aliphatic rings. The van der Waals surface area contributed by atoms with Crippen LogP contribution in [0.4, 0.5) is 0 Å². The number of halogens is 2. The van der Waals surface area contributed by atoms with Gasteiger partial charge in [0.15, 0.2) is 0 Å². The van der Waals surface area contributed by atoms with Crippen LogP contribution >= 0.6 is 23.2 Å². The van der Waals surface area contributed by atoms with Crippen LogP contribution in [0.3, 0.4) is 0 Å². The average Bonchev–Trinajstić information content (AvgIpc) is 2.61. The summed E-state index contributed by atoms with van der Waals surface area (Å²) in [5.41, 5.74) is 5.64. The van der Waals surface area contributed by atoms with E-state index in [2.05, 4.69) is 15.8 Å². The van der Waals surface area contributed by atoms with Crippen LogP contribution in [-0.4, -0.2) is 16.8 Å². The van der Waals surface area contributed by atoms with Crippen LogP contribution in [0, 0.1) is 0 Å². The molecule has 1 aromatic heterocycles. The number of benzene rings is 2. The van der Waals surface area contributed by atoms with Crippen molar-refractivity contribution in [2.45, 2.75) is 0 Å². The molecule has 7 heteroatoms. The summed E-state index contributed by atoms with van der Waals surface area (Å²) in [6, 6.07) is 15.3. The van der Waals surface area contributed by atoms with Crippen molar-refractivity contribution < 1.29 is 9.59 Å². The lowest BCUT2D eigenvalue weighted by Crippen LogP contribution is -2.42. The van der Waals surface area contributed by atoms with E-state index in [0.29, 0.717) is 10.5 Å². The van der Waals surface area contributed by atoms with Crippen molar-refractivity contribution in [1.29, 1.82) is 0 Å². The maximum absolute atomic E-state index is 12.1. The molecule has 24 heavy (non-hydrogen) atoms. The molecule has 5 nitrogen and oxygen atoms in total. The number of aromatic nitrogens is 1. The zero-order valence-corrected chi connectivity index (χ0v) is 13.7. The number of fused-ring (bicyclic) bond motifs is 1. The van der Waals surface area contributed by atoms with Gasteiger partial charge in [-0.3, -0.25) is 20.4 Å². The Labute approximate surface area is 147 Å². The Morgan fingerprint density at radius 3 is 2.46 bits per heavy atom. The Balaban J connectivity index is 1.72. The topological polar surface area (TPSA) is 71.1 Å². The molecule has 0 aliphatic carbocycles. The van der Waals surface area contributed by atoms with Crippen LogP contribution in [-0.2, 0) is 0 Å².